The van der Waals surface area contributed by atoms with Gasteiger partial charge in [-0.25, -0.2) is 0 Å². The molecule has 4 nitrogen and oxygen atoms in total. The van der Waals surface area contributed by atoms with Gasteiger partial charge in [-0.3, -0.25) is 9.59 Å². The molecule has 1 aromatic rings. The van der Waals surface area contributed by atoms with Crippen molar-refractivity contribution in [2.45, 2.75) is 44.2 Å². The van der Waals surface area contributed by atoms with Gasteiger partial charge in [0.15, 0.2) is 0 Å². The fraction of sp³-hybridized carbons (Fsp3) is 0.600. The van der Waals surface area contributed by atoms with Crippen molar-refractivity contribution in [3.05, 3.63) is 34.9 Å². The summed E-state index contributed by atoms with van der Waals surface area (Å²) in [7, 11) is 0. The predicted octanol–water partition coefficient (Wildman–Crippen LogP) is 4.14. The molecule has 8 heteroatoms. The third-order valence-electron chi connectivity index (χ3n) is 5.89. The zero-order valence-electron chi connectivity index (χ0n) is 15.5. The van der Waals surface area contributed by atoms with Crippen molar-refractivity contribution in [3.8, 4) is 0 Å². The second-order valence-electron chi connectivity index (χ2n) is 7.68. The number of halogens is 4. The highest BCUT2D eigenvalue weighted by Gasteiger charge is 2.43. The zero-order valence-corrected chi connectivity index (χ0v) is 16.2. The molecule has 1 N–H and O–H groups in total. The fourth-order valence-corrected chi connectivity index (χ4v) is 4.41. The molecule has 1 aliphatic carbocycles. The van der Waals surface area contributed by atoms with Crippen molar-refractivity contribution in [1.82, 2.24) is 10.2 Å². The summed E-state index contributed by atoms with van der Waals surface area (Å²) in [6, 6.07) is 7.17. The Morgan fingerprint density at radius 3 is 2.39 bits per heavy atom. The SMILES string of the molecule is O=C1CN(C(=O)C[C@H](c2ccc(Cl)cc2)C2CCC(C(F)(F)F)CC2)CCN1. The van der Waals surface area contributed by atoms with Crippen molar-refractivity contribution < 1.29 is 22.8 Å². The van der Waals surface area contributed by atoms with Crippen LogP contribution in [-0.2, 0) is 9.59 Å². The normalized spacial score (nSPS) is 24.6. The van der Waals surface area contributed by atoms with Crippen LogP contribution in [0.5, 0.6) is 0 Å². The molecule has 1 heterocycles. The smallest absolute Gasteiger partial charge is 0.353 e. The van der Waals surface area contributed by atoms with E-state index in [0.29, 0.717) is 31.0 Å². The quantitative estimate of drug-likeness (QED) is 0.802. The predicted molar refractivity (Wildman–Crippen MR) is 99.9 cm³/mol. The molecular formula is C20H24ClF3N2O2. The van der Waals surface area contributed by atoms with Crippen LogP contribution in [0.4, 0.5) is 13.2 Å². The van der Waals surface area contributed by atoms with Gasteiger partial charge in [0.1, 0.15) is 0 Å². The first-order valence-corrected chi connectivity index (χ1v) is 9.98. The lowest BCUT2D eigenvalue weighted by Gasteiger charge is -2.36. The molecular weight excluding hydrogens is 393 g/mol. The number of rotatable bonds is 4. The Morgan fingerprint density at radius 2 is 1.82 bits per heavy atom. The number of carbonyl (C=O) groups is 2. The van der Waals surface area contributed by atoms with Gasteiger partial charge in [0.25, 0.3) is 0 Å². The molecule has 0 radical (unpaired) electrons. The minimum absolute atomic E-state index is 0.00217. The first-order chi connectivity index (χ1) is 13.2. The first kappa shape index (κ1) is 21.0. The molecule has 2 aliphatic rings. The summed E-state index contributed by atoms with van der Waals surface area (Å²) in [6.07, 6.45) is -2.90. The van der Waals surface area contributed by atoms with Gasteiger partial charge in [-0.2, -0.15) is 13.2 Å². The van der Waals surface area contributed by atoms with Crippen molar-refractivity contribution in [3.63, 3.8) is 0 Å². The van der Waals surface area contributed by atoms with Crippen LogP contribution in [-0.4, -0.2) is 42.5 Å². The van der Waals surface area contributed by atoms with Gasteiger partial charge >= 0.3 is 6.18 Å². The summed E-state index contributed by atoms with van der Waals surface area (Å²) in [4.78, 5) is 25.9. The topological polar surface area (TPSA) is 49.4 Å². The average molecular weight is 417 g/mol. The number of hydrogen-bond donors (Lipinski definition) is 1. The van der Waals surface area contributed by atoms with Gasteiger partial charge in [0.2, 0.25) is 11.8 Å². The third-order valence-corrected chi connectivity index (χ3v) is 6.14. The van der Waals surface area contributed by atoms with Gasteiger partial charge in [0.05, 0.1) is 12.5 Å². The second kappa shape index (κ2) is 8.72. The van der Waals surface area contributed by atoms with Crippen LogP contribution >= 0.6 is 11.6 Å². The fourth-order valence-electron chi connectivity index (χ4n) is 4.28. The number of piperazine rings is 1. The molecule has 0 spiro atoms. The van der Waals surface area contributed by atoms with E-state index >= 15 is 0 Å². The molecule has 2 fully saturated rings. The van der Waals surface area contributed by atoms with Crippen molar-refractivity contribution >= 4 is 23.4 Å². The highest BCUT2D eigenvalue weighted by Crippen LogP contribution is 2.45. The van der Waals surface area contributed by atoms with E-state index in [-0.39, 0.29) is 49.5 Å². The Kier molecular flexibility index (Phi) is 6.53. The van der Waals surface area contributed by atoms with E-state index in [9.17, 15) is 22.8 Å². The van der Waals surface area contributed by atoms with E-state index < -0.39 is 12.1 Å². The van der Waals surface area contributed by atoms with E-state index in [1.54, 1.807) is 12.1 Å². The minimum atomic E-state index is -4.16. The Bertz CT molecular complexity index is 700. The number of hydrogen-bond acceptors (Lipinski definition) is 2. The number of nitrogens with zero attached hydrogens (tertiary/aromatic N) is 1. The Labute approximate surface area is 167 Å². The van der Waals surface area contributed by atoms with E-state index in [1.807, 2.05) is 12.1 Å². The van der Waals surface area contributed by atoms with Gasteiger partial charge in [-0.1, -0.05) is 23.7 Å². The molecule has 154 valence electrons. The second-order valence-corrected chi connectivity index (χ2v) is 8.12. The van der Waals surface area contributed by atoms with Crippen molar-refractivity contribution in [1.29, 1.82) is 0 Å². The van der Waals surface area contributed by atoms with Crippen molar-refractivity contribution in [2.75, 3.05) is 19.6 Å². The maximum Gasteiger partial charge on any atom is 0.391 e. The van der Waals surface area contributed by atoms with Crippen LogP contribution in [0.3, 0.4) is 0 Å². The maximum atomic E-state index is 13.0. The first-order valence-electron chi connectivity index (χ1n) is 9.60. The van der Waals surface area contributed by atoms with Crippen LogP contribution in [0.2, 0.25) is 5.02 Å². The number of nitrogens with one attached hydrogen (secondary N) is 1. The summed E-state index contributed by atoms with van der Waals surface area (Å²) < 4.78 is 39.0. The van der Waals surface area contributed by atoms with Gasteiger partial charge in [0, 0.05) is 24.5 Å². The molecule has 0 unspecified atom stereocenters. The van der Waals surface area contributed by atoms with Crippen LogP contribution in [0.1, 0.15) is 43.6 Å². The monoisotopic (exact) mass is 416 g/mol. The summed E-state index contributed by atoms with van der Waals surface area (Å²) in [5, 5.41) is 3.26. The van der Waals surface area contributed by atoms with E-state index in [2.05, 4.69) is 5.32 Å². The van der Waals surface area contributed by atoms with Crippen LogP contribution in [0.25, 0.3) is 0 Å². The molecule has 1 aromatic carbocycles. The highest BCUT2D eigenvalue weighted by molar-refractivity contribution is 6.30. The molecule has 1 saturated heterocycles. The van der Waals surface area contributed by atoms with Gasteiger partial charge in [-0.05, 0) is 55.2 Å². The lowest BCUT2D eigenvalue weighted by atomic mass is 9.72. The largest absolute Gasteiger partial charge is 0.391 e. The summed E-state index contributed by atoms with van der Waals surface area (Å²) in [6.45, 7) is 0.915. The highest BCUT2D eigenvalue weighted by atomic mass is 35.5. The minimum Gasteiger partial charge on any atom is -0.353 e. The number of alkyl halides is 3. The average Bonchev–Trinajstić information content (AvgIpc) is 2.66. The number of benzene rings is 1. The summed E-state index contributed by atoms with van der Waals surface area (Å²) >= 11 is 5.97. The Morgan fingerprint density at radius 1 is 1.18 bits per heavy atom. The van der Waals surface area contributed by atoms with Crippen LogP contribution in [0, 0.1) is 11.8 Å². The zero-order chi connectivity index (χ0) is 20.3. The number of carbonyl (C=O) groups excluding carboxylic acids is 2. The molecule has 1 aliphatic heterocycles. The summed E-state index contributed by atoms with van der Waals surface area (Å²) in [5.74, 6) is -1.75. The molecule has 2 amide bonds. The van der Waals surface area contributed by atoms with Crippen molar-refractivity contribution in [2.24, 2.45) is 11.8 Å². The number of amides is 2. The van der Waals surface area contributed by atoms with Crippen LogP contribution < -0.4 is 5.32 Å². The molecule has 1 saturated carbocycles. The third kappa shape index (κ3) is 5.19. The molecule has 28 heavy (non-hydrogen) atoms. The summed E-state index contributed by atoms with van der Waals surface area (Å²) in [5.41, 5.74) is 0.912. The van der Waals surface area contributed by atoms with E-state index in [4.69, 9.17) is 11.6 Å². The van der Waals surface area contributed by atoms with Crippen LogP contribution in [0.15, 0.2) is 24.3 Å². The standard InChI is InChI=1S/C20H24ClF3N2O2/c21-16-7-3-14(4-8-16)17(11-19(28)26-10-9-25-18(27)12-26)13-1-5-15(6-2-13)20(22,23)24/h3-4,7-8,13,15,17H,1-2,5-6,9-12H2,(H,25,27)/t13?,15?,17-/m0/s1. The van der Waals surface area contributed by atoms with E-state index in [1.165, 1.54) is 4.90 Å². The molecule has 0 aromatic heterocycles. The molecule has 3 rings (SSSR count). The molecule has 0 bridgehead atoms. The lowest BCUT2D eigenvalue weighted by molar-refractivity contribution is -0.184. The van der Waals surface area contributed by atoms with Gasteiger partial charge < -0.3 is 10.2 Å². The van der Waals surface area contributed by atoms with E-state index in [0.717, 1.165) is 5.56 Å². The maximum absolute atomic E-state index is 13.0. The lowest BCUT2D eigenvalue weighted by Crippen LogP contribution is -2.50. The Balaban J connectivity index is 1.73. The Hall–Kier alpha value is -1.76. The van der Waals surface area contributed by atoms with Gasteiger partial charge in [-0.15, -0.1) is 0 Å². The molecule has 1 atom stereocenters.